The fourth-order valence-electron chi connectivity index (χ4n) is 5.18. The molecule has 1 aliphatic rings. The predicted octanol–water partition coefficient (Wildman–Crippen LogP) is 5.42. The lowest BCUT2D eigenvalue weighted by atomic mass is 10.0. The number of carbonyl (C=O) groups is 2. The van der Waals surface area contributed by atoms with E-state index in [-0.39, 0.29) is 34.6 Å². The number of anilines is 3. The molecule has 1 aliphatic heterocycles. The van der Waals surface area contributed by atoms with Gasteiger partial charge in [0.05, 0.1) is 24.6 Å². The number of carbonyl (C=O) groups excluding carboxylic acids is 2. The molecule has 0 radical (unpaired) electrons. The van der Waals surface area contributed by atoms with E-state index >= 15 is 4.39 Å². The second-order valence-electron chi connectivity index (χ2n) is 10.8. The Hall–Kier alpha value is -4.83. The van der Waals surface area contributed by atoms with Crippen LogP contribution in [-0.4, -0.2) is 59.6 Å². The van der Waals surface area contributed by atoms with Crippen LogP contribution in [0.1, 0.15) is 46.0 Å². The zero-order valence-corrected chi connectivity index (χ0v) is 25.2. The second-order valence-corrected chi connectivity index (χ2v) is 10.8. The Balaban J connectivity index is 1.40. The molecular formula is C34H36FN5O4. The molecule has 1 aromatic heterocycles. The van der Waals surface area contributed by atoms with Gasteiger partial charge in [-0.2, -0.15) is 0 Å². The number of ether oxygens (including phenoxy) is 1. The van der Waals surface area contributed by atoms with Crippen LogP contribution in [0.3, 0.4) is 0 Å². The summed E-state index contributed by atoms with van der Waals surface area (Å²) in [7, 11) is 3.11. The van der Waals surface area contributed by atoms with Crippen LogP contribution in [0.5, 0.6) is 0 Å². The van der Waals surface area contributed by atoms with E-state index in [1.54, 1.807) is 67.5 Å². The van der Waals surface area contributed by atoms with Crippen LogP contribution in [0.2, 0.25) is 0 Å². The van der Waals surface area contributed by atoms with Crippen molar-refractivity contribution in [3.63, 3.8) is 0 Å². The van der Waals surface area contributed by atoms with E-state index in [1.807, 2.05) is 18.2 Å². The minimum atomic E-state index is -0.627. The normalized spacial score (nSPS) is 13.0. The van der Waals surface area contributed by atoms with Gasteiger partial charge in [0.15, 0.2) is 11.6 Å². The number of halogens is 1. The molecule has 1 fully saturated rings. The number of hydrogen-bond donors (Lipinski definition) is 1. The highest BCUT2D eigenvalue weighted by Crippen LogP contribution is 2.30. The molecule has 1 N–H and O–H groups in total. The van der Waals surface area contributed by atoms with Gasteiger partial charge in [0, 0.05) is 55.8 Å². The monoisotopic (exact) mass is 597 g/mol. The Bertz CT molecular complexity index is 1710. The number of aromatic nitrogens is 2. The van der Waals surface area contributed by atoms with Crippen molar-refractivity contribution < 1.29 is 18.7 Å². The first kappa shape index (κ1) is 30.6. The first-order valence-electron chi connectivity index (χ1n) is 14.7. The van der Waals surface area contributed by atoms with E-state index in [0.717, 1.165) is 24.8 Å². The summed E-state index contributed by atoms with van der Waals surface area (Å²) in [6.07, 6.45) is 4.17. The van der Waals surface area contributed by atoms with Crippen molar-refractivity contribution in [1.29, 1.82) is 0 Å². The number of amides is 2. The number of unbranched alkanes of at least 4 members (excludes halogenated alkanes) is 1. The third kappa shape index (κ3) is 6.55. The molecule has 2 amide bonds. The number of hydrogen-bond acceptors (Lipinski definition) is 6. The van der Waals surface area contributed by atoms with E-state index in [4.69, 9.17) is 4.74 Å². The third-order valence-electron chi connectivity index (χ3n) is 7.73. The first-order valence-corrected chi connectivity index (χ1v) is 14.7. The van der Waals surface area contributed by atoms with Crippen molar-refractivity contribution in [3.05, 3.63) is 106 Å². The largest absolute Gasteiger partial charge is 0.378 e. The molecule has 228 valence electrons. The highest BCUT2D eigenvalue weighted by atomic mass is 19.1. The topological polar surface area (TPSA) is 96.8 Å². The summed E-state index contributed by atoms with van der Waals surface area (Å²) in [4.78, 5) is 46.8. The van der Waals surface area contributed by atoms with Gasteiger partial charge in [0.1, 0.15) is 0 Å². The maximum atomic E-state index is 16.1. The molecule has 3 aromatic carbocycles. The number of benzene rings is 3. The van der Waals surface area contributed by atoms with E-state index in [1.165, 1.54) is 15.7 Å². The fraction of sp³-hybridized carbons (Fsp3) is 0.294. The number of rotatable bonds is 9. The molecular weight excluding hydrogens is 561 g/mol. The molecule has 9 nitrogen and oxygen atoms in total. The predicted molar refractivity (Wildman–Crippen MR) is 169 cm³/mol. The average Bonchev–Trinajstić information content (AvgIpc) is 3.05. The lowest BCUT2D eigenvalue weighted by Gasteiger charge is -2.26. The smallest absolute Gasteiger partial charge is 0.293 e. The summed E-state index contributed by atoms with van der Waals surface area (Å²) in [5.74, 6) is -1.02. The average molecular weight is 598 g/mol. The molecule has 1 saturated heterocycles. The van der Waals surface area contributed by atoms with Crippen LogP contribution >= 0.6 is 0 Å². The van der Waals surface area contributed by atoms with Crippen molar-refractivity contribution in [2.24, 2.45) is 7.05 Å². The first-order chi connectivity index (χ1) is 21.3. The Morgan fingerprint density at radius 1 is 1.02 bits per heavy atom. The summed E-state index contributed by atoms with van der Waals surface area (Å²) in [5.41, 5.74) is 2.60. The van der Waals surface area contributed by atoms with Crippen molar-refractivity contribution >= 4 is 29.0 Å². The molecule has 5 rings (SSSR count). The van der Waals surface area contributed by atoms with Crippen molar-refractivity contribution in [1.82, 2.24) is 14.5 Å². The molecule has 0 bridgehead atoms. The van der Waals surface area contributed by atoms with Gasteiger partial charge < -0.3 is 24.4 Å². The van der Waals surface area contributed by atoms with E-state index in [0.29, 0.717) is 43.1 Å². The fourth-order valence-corrected chi connectivity index (χ4v) is 5.18. The van der Waals surface area contributed by atoms with Crippen LogP contribution in [-0.2, 0) is 18.2 Å². The molecule has 10 heteroatoms. The van der Waals surface area contributed by atoms with E-state index < -0.39 is 11.4 Å². The number of nitrogens with zero attached hydrogens (tertiary/aromatic N) is 4. The maximum absolute atomic E-state index is 16.1. The summed E-state index contributed by atoms with van der Waals surface area (Å²) in [5, 5.41) is 3.01. The van der Waals surface area contributed by atoms with Gasteiger partial charge >= 0.3 is 0 Å². The molecule has 0 atom stereocenters. The summed E-state index contributed by atoms with van der Waals surface area (Å²) >= 11 is 0. The van der Waals surface area contributed by atoms with Crippen LogP contribution in [0.25, 0.3) is 11.3 Å². The van der Waals surface area contributed by atoms with Gasteiger partial charge in [-0.1, -0.05) is 37.6 Å². The summed E-state index contributed by atoms with van der Waals surface area (Å²) in [6, 6.07) is 18.9. The summed E-state index contributed by atoms with van der Waals surface area (Å²) in [6.45, 7) is 4.20. The SMILES string of the molecule is CCCCc1ccccc1C(=O)N(C)c1cccc(-c2cn(C)c(=O)c(Nc3ccc(C(=O)N4CCOCC4)cc3)n2)c1F. The Kier molecular flexibility index (Phi) is 9.50. The van der Waals surface area contributed by atoms with Gasteiger partial charge in [-0.25, -0.2) is 9.37 Å². The molecule has 0 saturated carbocycles. The lowest BCUT2D eigenvalue weighted by Crippen LogP contribution is -2.40. The molecule has 0 aliphatic carbocycles. The second kappa shape index (κ2) is 13.6. The van der Waals surface area contributed by atoms with Crippen molar-refractivity contribution in [3.8, 4) is 11.3 Å². The van der Waals surface area contributed by atoms with Crippen molar-refractivity contribution in [2.45, 2.75) is 26.2 Å². The highest BCUT2D eigenvalue weighted by Gasteiger charge is 2.23. The van der Waals surface area contributed by atoms with Crippen LogP contribution < -0.4 is 15.8 Å². The quantitative estimate of drug-likeness (QED) is 0.277. The molecule has 0 spiro atoms. The summed E-state index contributed by atoms with van der Waals surface area (Å²) < 4.78 is 22.7. The third-order valence-corrected chi connectivity index (χ3v) is 7.73. The Morgan fingerprint density at radius 2 is 1.75 bits per heavy atom. The standard InChI is InChI=1S/C34H36FN5O4/c1-4-5-9-23-10-6-7-11-26(23)33(42)39(3)29-13-8-12-27(30(29)35)28-22-38(2)34(43)31(37-28)36-25-16-14-24(15-17-25)32(41)40-18-20-44-21-19-40/h6-8,10-17,22H,4-5,9,18-21H2,1-3H3,(H,36,37). The molecule has 44 heavy (non-hydrogen) atoms. The lowest BCUT2D eigenvalue weighted by molar-refractivity contribution is 0.0303. The number of aryl methyl sites for hydroxylation is 2. The molecule has 4 aromatic rings. The van der Waals surface area contributed by atoms with Crippen LogP contribution in [0, 0.1) is 5.82 Å². The maximum Gasteiger partial charge on any atom is 0.293 e. The van der Waals surface area contributed by atoms with Crippen molar-refractivity contribution in [2.75, 3.05) is 43.6 Å². The van der Waals surface area contributed by atoms with Gasteiger partial charge in [0.2, 0.25) is 0 Å². The van der Waals surface area contributed by atoms with Crippen LogP contribution in [0.15, 0.2) is 77.7 Å². The van der Waals surface area contributed by atoms with E-state index in [2.05, 4.69) is 17.2 Å². The van der Waals surface area contributed by atoms with Gasteiger partial charge in [-0.15, -0.1) is 0 Å². The Morgan fingerprint density at radius 3 is 2.48 bits per heavy atom. The Labute approximate surface area is 255 Å². The van der Waals surface area contributed by atoms with E-state index in [9.17, 15) is 14.4 Å². The zero-order valence-electron chi connectivity index (χ0n) is 25.2. The molecule has 2 heterocycles. The van der Waals surface area contributed by atoms with Gasteiger partial charge in [0.25, 0.3) is 17.4 Å². The van der Waals surface area contributed by atoms with Gasteiger partial charge in [-0.05, 0) is 60.9 Å². The minimum Gasteiger partial charge on any atom is -0.378 e. The zero-order chi connectivity index (χ0) is 31.2. The van der Waals surface area contributed by atoms with Crippen LogP contribution in [0.4, 0.5) is 21.6 Å². The number of nitrogens with one attached hydrogen (secondary N) is 1. The van der Waals surface area contributed by atoms with Gasteiger partial charge in [-0.3, -0.25) is 14.4 Å². The highest BCUT2D eigenvalue weighted by molar-refractivity contribution is 6.07. The number of morpholine rings is 1. The minimum absolute atomic E-state index is 0.00339. The molecule has 0 unspecified atom stereocenters.